The predicted octanol–water partition coefficient (Wildman–Crippen LogP) is 3.36. The third-order valence-electron chi connectivity index (χ3n) is 5.88. The summed E-state index contributed by atoms with van der Waals surface area (Å²) in [6.07, 6.45) is 1.62. The number of primary sulfonamides is 1. The topological polar surface area (TPSA) is 149 Å². The first-order valence-electron chi connectivity index (χ1n) is 11.9. The van der Waals surface area contributed by atoms with Crippen molar-refractivity contribution in [2.75, 3.05) is 5.32 Å². The smallest absolute Gasteiger partial charge is 0.251 e. The number of aromatic nitrogens is 3. The Bertz CT molecular complexity index is 1520. The zero-order valence-electron chi connectivity index (χ0n) is 20.9. The molecule has 1 aromatic heterocycles. The summed E-state index contributed by atoms with van der Waals surface area (Å²) >= 11 is 0. The minimum Gasteiger partial charge on any atom is -0.346 e. The lowest BCUT2D eigenvalue weighted by Gasteiger charge is -2.20. The maximum absolute atomic E-state index is 13.1. The minimum atomic E-state index is -3.84. The van der Waals surface area contributed by atoms with Gasteiger partial charge in [0.1, 0.15) is 11.7 Å². The summed E-state index contributed by atoms with van der Waals surface area (Å²) in [4.78, 5) is 25.5. The SMILES string of the molecule is CC(C)C(C(=O)Nc1ccc(-c2ccccc2)cc1)n1cc(CNC(=O)c2ccc(S(N)(=O)=O)cc2)nn1. The first-order chi connectivity index (χ1) is 18.1. The van der Waals surface area contributed by atoms with Gasteiger partial charge >= 0.3 is 0 Å². The van der Waals surface area contributed by atoms with Crippen LogP contribution in [0.5, 0.6) is 0 Å². The van der Waals surface area contributed by atoms with Crippen LogP contribution in [0.25, 0.3) is 11.1 Å². The van der Waals surface area contributed by atoms with Crippen LogP contribution in [0, 0.1) is 5.92 Å². The van der Waals surface area contributed by atoms with Crippen LogP contribution in [0.4, 0.5) is 5.69 Å². The monoisotopic (exact) mass is 532 g/mol. The van der Waals surface area contributed by atoms with Crippen molar-refractivity contribution < 1.29 is 18.0 Å². The van der Waals surface area contributed by atoms with E-state index in [1.54, 1.807) is 6.20 Å². The lowest BCUT2D eigenvalue weighted by Crippen LogP contribution is -2.30. The highest BCUT2D eigenvalue weighted by molar-refractivity contribution is 7.89. The number of nitrogens with one attached hydrogen (secondary N) is 2. The van der Waals surface area contributed by atoms with Gasteiger partial charge in [-0.25, -0.2) is 18.2 Å². The second-order valence-electron chi connectivity index (χ2n) is 9.06. The van der Waals surface area contributed by atoms with E-state index >= 15 is 0 Å². The highest BCUT2D eigenvalue weighted by atomic mass is 32.2. The van der Waals surface area contributed by atoms with Gasteiger partial charge in [-0.05, 0) is 53.4 Å². The molecule has 3 aromatic carbocycles. The summed E-state index contributed by atoms with van der Waals surface area (Å²) in [5, 5.41) is 18.9. The molecule has 0 aliphatic carbocycles. The Morgan fingerprint density at radius 1 is 0.921 bits per heavy atom. The van der Waals surface area contributed by atoms with E-state index in [1.165, 1.54) is 28.9 Å². The molecule has 0 bridgehead atoms. The molecule has 0 saturated carbocycles. The van der Waals surface area contributed by atoms with Gasteiger partial charge in [-0.2, -0.15) is 0 Å². The number of anilines is 1. The Balaban J connectivity index is 1.39. The van der Waals surface area contributed by atoms with E-state index in [4.69, 9.17) is 5.14 Å². The van der Waals surface area contributed by atoms with Gasteiger partial charge in [0.25, 0.3) is 5.91 Å². The highest BCUT2D eigenvalue weighted by Gasteiger charge is 2.26. The normalized spacial score (nSPS) is 12.2. The second-order valence-corrected chi connectivity index (χ2v) is 10.6. The number of hydrogen-bond donors (Lipinski definition) is 3. The molecule has 0 aliphatic rings. The number of nitrogens with two attached hydrogens (primary N) is 1. The fourth-order valence-electron chi connectivity index (χ4n) is 3.92. The average molecular weight is 533 g/mol. The molecule has 0 fully saturated rings. The first kappa shape index (κ1) is 26.7. The fourth-order valence-corrected chi connectivity index (χ4v) is 4.44. The van der Waals surface area contributed by atoms with Crippen LogP contribution >= 0.6 is 0 Å². The maximum Gasteiger partial charge on any atom is 0.251 e. The van der Waals surface area contributed by atoms with Crippen molar-refractivity contribution in [1.29, 1.82) is 0 Å². The zero-order chi connectivity index (χ0) is 27.3. The van der Waals surface area contributed by atoms with Gasteiger partial charge < -0.3 is 10.6 Å². The van der Waals surface area contributed by atoms with Crippen LogP contribution < -0.4 is 15.8 Å². The number of benzene rings is 3. The molecule has 2 amide bonds. The number of sulfonamides is 1. The molecule has 4 rings (SSSR count). The van der Waals surface area contributed by atoms with Crippen molar-refractivity contribution >= 4 is 27.5 Å². The van der Waals surface area contributed by atoms with Gasteiger partial charge in [0, 0.05) is 11.3 Å². The van der Waals surface area contributed by atoms with Crippen molar-refractivity contribution in [2.24, 2.45) is 11.1 Å². The number of carbonyl (C=O) groups is 2. The summed E-state index contributed by atoms with van der Waals surface area (Å²) in [5.74, 6) is -0.736. The molecule has 1 atom stereocenters. The molecule has 1 unspecified atom stereocenters. The molecule has 0 spiro atoms. The number of rotatable bonds is 9. The Labute approximate surface area is 220 Å². The lowest BCUT2D eigenvalue weighted by molar-refractivity contribution is -0.120. The fraction of sp³-hybridized carbons (Fsp3) is 0.185. The van der Waals surface area contributed by atoms with Crippen molar-refractivity contribution in [3.63, 3.8) is 0 Å². The molecular weight excluding hydrogens is 504 g/mol. The van der Waals surface area contributed by atoms with Crippen LogP contribution in [0.2, 0.25) is 0 Å². The minimum absolute atomic E-state index is 0.0726. The van der Waals surface area contributed by atoms with Crippen LogP contribution in [0.15, 0.2) is 90.0 Å². The summed E-state index contributed by atoms with van der Waals surface area (Å²) in [7, 11) is -3.84. The average Bonchev–Trinajstić information content (AvgIpc) is 3.36. The van der Waals surface area contributed by atoms with Gasteiger partial charge in [-0.1, -0.05) is 61.5 Å². The summed E-state index contributed by atoms with van der Waals surface area (Å²) in [6.45, 7) is 3.90. The largest absolute Gasteiger partial charge is 0.346 e. The lowest BCUT2D eigenvalue weighted by atomic mass is 10.0. The summed E-state index contributed by atoms with van der Waals surface area (Å²) in [6, 6.07) is 22.2. The molecular formula is C27H28N6O4S. The van der Waals surface area contributed by atoms with Gasteiger partial charge in [0.15, 0.2) is 0 Å². The van der Waals surface area contributed by atoms with E-state index in [0.29, 0.717) is 11.4 Å². The molecule has 4 N–H and O–H groups in total. The summed E-state index contributed by atoms with van der Waals surface area (Å²) < 4.78 is 24.2. The number of carbonyl (C=O) groups excluding carboxylic acids is 2. The van der Waals surface area contributed by atoms with Crippen molar-refractivity contribution in [3.05, 3.63) is 96.3 Å². The Kier molecular flexibility index (Phi) is 7.99. The van der Waals surface area contributed by atoms with E-state index in [2.05, 4.69) is 20.9 Å². The van der Waals surface area contributed by atoms with Gasteiger partial charge in [0.05, 0.1) is 17.6 Å². The van der Waals surface area contributed by atoms with Gasteiger partial charge in [0.2, 0.25) is 15.9 Å². The van der Waals surface area contributed by atoms with E-state index < -0.39 is 22.0 Å². The number of amides is 2. The predicted molar refractivity (Wildman–Crippen MR) is 143 cm³/mol. The Morgan fingerprint density at radius 2 is 1.55 bits per heavy atom. The van der Waals surface area contributed by atoms with Crippen LogP contribution in [-0.2, 0) is 21.4 Å². The van der Waals surface area contributed by atoms with E-state index in [1.807, 2.05) is 68.4 Å². The number of nitrogens with zero attached hydrogens (tertiary/aromatic N) is 3. The molecule has 1 heterocycles. The third kappa shape index (κ3) is 6.50. The molecule has 196 valence electrons. The Morgan fingerprint density at radius 3 is 2.16 bits per heavy atom. The van der Waals surface area contributed by atoms with E-state index in [0.717, 1.165) is 11.1 Å². The molecule has 11 heteroatoms. The van der Waals surface area contributed by atoms with Crippen molar-refractivity contribution in [1.82, 2.24) is 20.3 Å². The molecule has 0 saturated heterocycles. The van der Waals surface area contributed by atoms with Crippen LogP contribution in [-0.4, -0.2) is 35.2 Å². The number of hydrogen-bond acceptors (Lipinski definition) is 6. The van der Waals surface area contributed by atoms with Gasteiger partial charge in [-0.3, -0.25) is 9.59 Å². The molecule has 10 nitrogen and oxygen atoms in total. The van der Waals surface area contributed by atoms with Crippen LogP contribution in [0.3, 0.4) is 0 Å². The third-order valence-corrected chi connectivity index (χ3v) is 6.81. The first-order valence-corrected chi connectivity index (χ1v) is 13.4. The summed E-state index contributed by atoms with van der Waals surface area (Å²) in [5.41, 5.74) is 3.54. The van der Waals surface area contributed by atoms with Crippen LogP contribution in [0.1, 0.15) is 35.9 Å². The molecule has 4 aromatic rings. The molecule has 38 heavy (non-hydrogen) atoms. The quantitative estimate of drug-likeness (QED) is 0.301. The van der Waals surface area contributed by atoms with E-state index in [9.17, 15) is 18.0 Å². The standard InChI is InChI=1S/C27H28N6O4S/c1-18(2)25(27(35)30-22-12-8-20(9-13-22)19-6-4-3-5-7-19)33-17-23(31-32-33)16-29-26(34)21-10-14-24(15-11-21)38(28,36)37/h3-15,17-18,25H,16H2,1-2H3,(H,29,34)(H,30,35)(H2,28,36,37). The molecule has 0 radical (unpaired) electrons. The Hall–Kier alpha value is -4.35. The maximum atomic E-state index is 13.1. The highest BCUT2D eigenvalue weighted by Crippen LogP contribution is 2.23. The van der Waals surface area contributed by atoms with Gasteiger partial charge in [-0.15, -0.1) is 5.10 Å². The van der Waals surface area contributed by atoms with Crippen molar-refractivity contribution in [3.8, 4) is 11.1 Å². The van der Waals surface area contributed by atoms with Crippen molar-refractivity contribution in [2.45, 2.75) is 31.3 Å². The second kappa shape index (κ2) is 11.4. The zero-order valence-corrected chi connectivity index (χ0v) is 21.7. The molecule has 0 aliphatic heterocycles. The van der Waals surface area contributed by atoms with E-state index in [-0.39, 0.29) is 28.8 Å².